The quantitative estimate of drug-likeness (QED) is 0.0211. The van der Waals surface area contributed by atoms with Crippen molar-refractivity contribution in [3.05, 3.63) is 146 Å². The van der Waals surface area contributed by atoms with Crippen LogP contribution in [-0.2, 0) is 32.7 Å². The zero-order valence-corrected chi connectivity index (χ0v) is 65.1. The van der Waals surface area contributed by atoms with Crippen LogP contribution in [0.2, 0.25) is 0 Å². The van der Waals surface area contributed by atoms with Gasteiger partial charge in [-0.05, 0) is 116 Å². The zero-order chi connectivity index (χ0) is 71.1. The van der Waals surface area contributed by atoms with Crippen molar-refractivity contribution < 1.29 is 42.1 Å². The van der Waals surface area contributed by atoms with Gasteiger partial charge in [0.15, 0.2) is 6.10 Å². The fourth-order valence-corrected chi connectivity index (χ4v) is 12.0. The summed E-state index contributed by atoms with van der Waals surface area (Å²) in [4.78, 5) is 36.0. The van der Waals surface area contributed by atoms with Crippen molar-refractivity contribution in [1.82, 2.24) is 0 Å². The summed E-state index contributed by atoms with van der Waals surface area (Å²) in [7, 11) is 1.48. The van der Waals surface area contributed by atoms with Gasteiger partial charge in [0.25, 0.3) is 0 Å². The van der Waals surface area contributed by atoms with E-state index in [-0.39, 0.29) is 32.0 Å². The third-order valence-corrected chi connectivity index (χ3v) is 18.3. The number of quaternary nitrogens is 1. The summed E-state index contributed by atoms with van der Waals surface area (Å²) in [5.74, 6) is -0.791. The van der Waals surface area contributed by atoms with Crippen LogP contribution in [0.5, 0.6) is 0 Å². The summed E-state index contributed by atoms with van der Waals surface area (Å²) in [5.41, 5.74) is 0. The average molecular weight is 1380 g/mol. The molecule has 0 spiro atoms. The van der Waals surface area contributed by atoms with E-state index in [0.29, 0.717) is 17.4 Å². The third-order valence-electron chi connectivity index (χ3n) is 17.4. The maximum absolute atomic E-state index is 12.9. The summed E-state index contributed by atoms with van der Waals surface area (Å²) >= 11 is 0. The van der Waals surface area contributed by atoms with E-state index in [1.807, 2.05) is 21.1 Å². The number of allylic oxidation sites excluding steroid dienone is 24. The van der Waals surface area contributed by atoms with Gasteiger partial charge in [0.2, 0.25) is 0 Å². The van der Waals surface area contributed by atoms with Gasteiger partial charge in [-0.1, -0.05) is 365 Å². The van der Waals surface area contributed by atoms with Gasteiger partial charge in [0.05, 0.1) is 27.7 Å². The van der Waals surface area contributed by atoms with E-state index in [2.05, 4.69) is 160 Å². The lowest BCUT2D eigenvalue weighted by Crippen LogP contribution is -2.37. The number of hydrogen-bond donors (Lipinski definition) is 1. The largest absolute Gasteiger partial charge is 0.472 e. The number of phosphoric acid groups is 1. The van der Waals surface area contributed by atoms with E-state index < -0.39 is 26.5 Å². The summed E-state index contributed by atoms with van der Waals surface area (Å²) in [6.45, 7) is 4.24. The molecule has 98 heavy (non-hydrogen) atoms. The van der Waals surface area contributed by atoms with Crippen LogP contribution in [0.4, 0.5) is 0 Å². The molecular weight excluding hydrogens is 1230 g/mol. The number of rotatable bonds is 74. The Labute approximate surface area is 605 Å². The van der Waals surface area contributed by atoms with Gasteiger partial charge in [0.1, 0.15) is 19.8 Å². The molecule has 0 bridgehead atoms. The average Bonchev–Trinajstić information content (AvgIpc) is 1.08. The monoisotopic (exact) mass is 1380 g/mol. The van der Waals surface area contributed by atoms with Crippen molar-refractivity contribution in [2.24, 2.45) is 0 Å². The van der Waals surface area contributed by atoms with Gasteiger partial charge in [0, 0.05) is 12.8 Å². The molecule has 0 fully saturated rings. The van der Waals surface area contributed by atoms with Crippen molar-refractivity contribution in [1.29, 1.82) is 0 Å². The first-order valence-electron chi connectivity index (χ1n) is 40.6. The number of unbranched alkanes of at least 4 members (excludes halogenated alkanes) is 36. The number of carbonyl (C=O) groups excluding carboxylic acids is 2. The zero-order valence-electron chi connectivity index (χ0n) is 64.2. The predicted molar refractivity (Wildman–Crippen MR) is 427 cm³/mol. The van der Waals surface area contributed by atoms with Crippen molar-refractivity contribution in [3.8, 4) is 0 Å². The fraction of sp³-hybridized carbons (Fsp3) is 0.705. The minimum absolute atomic E-state index is 0.0276. The van der Waals surface area contributed by atoms with E-state index in [0.717, 1.165) is 116 Å². The van der Waals surface area contributed by atoms with Crippen LogP contribution in [0.15, 0.2) is 146 Å². The van der Waals surface area contributed by atoms with Gasteiger partial charge in [-0.2, -0.15) is 0 Å². The van der Waals surface area contributed by atoms with Crippen LogP contribution < -0.4 is 0 Å². The van der Waals surface area contributed by atoms with Crippen molar-refractivity contribution >= 4 is 19.8 Å². The number of nitrogens with zero attached hydrogens (tertiary/aromatic N) is 1. The minimum atomic E-state index is -4.40. The number of likely N-dealkylation sites (N-methyl/N-ethyl adjacent to an activating group) is 1. The van der Waals surface area contributed by atoms with Gasteiger partial charge >= 0.3 is 19.8 Å². The first-order chi connectivity index (χ1) is 48.0. The molecule has 9 nitrogen and oxygen atoms in total. The highest BCUT2D eigenvalue weighted by Gasteiger charge is 2.27. The van der Waals surface area contributed by atoms with Crippen LogP contribution in [0.1, 0.15) is 348 Å². The van der Waals surface area contributed by atoms with E-state index in [9.17, 15) is 19.0 Å². The lowest BCUT2D eigenvalue weighted by atomic mass is 10.0. The SMILES string of the molecule is CC/C=C\C/C=C\C/C=C\C/C=C\C/C=C\C/C=C\C/C=C\C/C=C\CCCCCCCCCCCCCCC(=O)OC(COC(=O)CCCCCCCCCCCCCCCCCCCCCCCCCC/C=C\C/C=C\C/C=C\C/C=C\CC)COP(=O)(O)OCC[N+](C)(C)C. The maximum Gasteiger partial charge on any atom is 0.472 e. The Bertz CT molecular complexity index is 2170. The van der Waals surface area contributed by atoms with Crippen LogP contribution in [0, 0.1) is 0 Å². The van der Waals surface area contributed by atoms with Crippen LogP contribution >= 0.6 is 7.82 Å². The van der Waals surface area contributed by atoms with Crippen molar-refractivity contribution in [3.63, 3.8) is 0 Å². The second-order valence-corrected chi connectivity index (χ2v) is 29.5. The normalized spacial score (nSPS) is 13.8. The Balaban J connectivity index is 3.97. The summed E-state index contributed by atoms with van der Waals surface area (Å²) in [5, 5.41) is 0. The first kappa shape index (κ1) is 93.9. The molecule has 0 aliphatic heterocycles. The Morgan fingerprint density at radius 2 is 0.551 bits per heavy atom. The van der Waals surface area contributed by atoms with Crippen molar-refractivity contribution in [2.75, 3.05) is 47.5 Å². The number of ether oxygens (including phenoxy) is 2. The Morgan fingerprint density at radius 1 is 0.316 bits per heavy atom. The molecule has 0 aromatic heterocycles. The highest BCUT2D eigenvalue weighted by molar-refractivity contribution is 7.47. The minimum Gasteiger partial charge on any atom is -0.462 e. The van der Waals surface area contributed by atoms with Crippen LogP contribution in [0.25, 0.3) is 0 Å². The molecule has 562 valence electrons. The first-order valence-corrected chi connectivity index (χ1v) is 42.1. The lowest BCUT2D eigenvalue weighted by molar-refractivity contribution is -0.870. The Morgan fingerprint density at radius 3 is 0.816 bits per heavy atom. The second-order valence-electron chi connectivity index (χ2n) is 28.0. The molecule has 0 saturated heterocycles. The highest BCUT2D eigenvalue weighted by Crippen LogP contribution is 2.43. The predicted octanol–water partition coefficient (Wildman–Crippen LogP) is 27.3. The van der Waals surface area contributed by atoms with Gasteiger partial charge in [-0.25, -0.2) is 4.57 Å². The lowest BCUT2D eigenvalue weighted by Gasteiger charge is -2.24. The molecule has 0 aromatic carbocycles. The summed E-state index contributed by atoms with van der Waals surface area (Å²) in [6.07, 6.45) is 114. The molecule has 1 N–H and O–H groups in total. The van der Waals surface area contributed by atoms with Gasteiger partial charge in [-0.15, -0.1) is 0 Å². The fourth-order valence-electron chi connectivity index (χ4n) is 11.3. The smallest absolute Gasteiger partial charge is 0.462 e. The number of esters is 2. The van der Waals surface area contributed by atoms with Gasteiger partial charge < -0.3 is 18.9 Å². The molecule has 10 heteroatoms. The van der Waals surface area contributed by atoms with E-state index >= 15 is 0 Å². The molecule has 0 saturated carbocycles. The van der Waals surface area contributed by atoms with E-state index in [4.69, 9.17) is 18.5 Å². The molecule has 0 radical (unpaired) electrons. The molecule has 0 amide bonds. The van der Waals surface area contributed by atoms with E-state index in [1.54, 1.807) is 0 Å². The maximum atomic E-state index is 12.9. The molecule has 0 rings (SSSR count). The molecule has 0 aliphatic carbocycles. The summed E-state index contributed by atoms with van der Waals surface area (Å²) in [6, 6.07) is 0. The number of carbonyl (C=O) groups is 2. The van der Waals surface area contributed by atoms with Crippen LogP contribution in [-0.4, -0.2) is 74.9 Å². The highest BCUT2D eigenvalue weighted by atomic mass is 31.2. The van der Waals surface area contributed by atoms with Gasteiger partial charge in [-0.3, -0.25) is 18.6 Å². The van der Waals surface area contributed by atoms with Crippen LogP contribution in [0.3, 0.4) is 0 Å². The molecular formula is C88H153NO8P+. The molecule has 2 unspecified atom stereocenters. The van der Waals surface area contributed by atoms with E-state index in [1.165, 1.54) is 199 Å². The third kappa shape index (κ3) is 80.9. The molecule has 0 aliphatic rings. The number of phosphoric ester groups is 1. The molecule has 0 aromatic rings. The standard InChI is InChI=1S/C88H152NO8P/c1-6-8-10-12-14-16-18-20-22-24-26-28-30-32-34-36-38-40-42-44-46-48-50-52-54-56-58-60-62-64-66-68-70-72-74-76-78-80-87(90)94-84-86(85-96-98(92,93)95-83-82-89(3,4)5)97-88(91)81-79-77-75-73-71-69-67-65-63-61-59-57-55-53-51-49-47-45-43-41-39-37-35-33-31-29-27-25-23-21-19-17-15-13-11-9-7-2/h8-11,14-17,20-23,26-29,33,35,39,41,45,47,51,53,86H,6-7,12-13,18-19,24-25,30-32,34,36-38,40,42-44,46,48-50,52,54-85H2,1-5H3/p+1/b10-8-,11-9-,16-14-,17-15-,22-20-,23-21-,28-26-,29-27-,35-33-,41-39-,47-45-,53-51-. The Kier molecular flexibility index (Phi) is 73.8. The Hall–Kier alpha value is -4.11. The second kappa shape index (κ2) is 77.1. The number of hydrogen-bond acceptors (Lipinski definition) is 7. The topological polar surface area (TPSA) is 108 Å². The van der Waals surface area contributed by atoms with Crippen molar-refractivity contribution in [2.45, 2.75) is 354 Å². The molecule has 0 heterocycles. The summed E-state index contributed by atoms with van der Waals surface area (Å²) < 4.78 is 34.8. The molecule has 2 atom stereocenters.